The van der Waals surface area contributed by atoms with E-state index in [2.05, 4.69) is 17.9 Å². The Morgan fingerprint density at radius 1 is 1.33 bits per heavy atom. The van der Waals surface area contributed by atoms with Crippen LogP contribution in [0.15, 0.2) is 24.3 Å². The molecule has 0 bridgehead atoms. The Balaban J connectivity index is 4.23. The summed E-state index contributed by atoms with van der Waals surface area (Å²) in [4.78, 5) is 21.4. The van der Waals surface area contributed by atoms with Crippen LogP contribution in [-0.2, 0) is 14.3 Å². The predicted octanol–water partition coefficient (Wildman–Crippen LogP) is 0.712. The number of carbonyl (C=O) groups is 2. The molecule has 0 amide bonds. The Hall–Kier alpha value is -1.89. The van der Waals surface area contributed by atoms with Crippen LogP contribution < -0.4 is 0 Å². The highest BCUT2D eigenvalue weighted by atomic mass is 16.6. The van der Waals surface area contributed by atoms with E-state index in [1.54, 1.807) is 0 Å². The van der Waals surface area contributed by atoms with Gasteiger partial charge in [-0.2, -0.15) is 5.26 Å². The molecule has 0 heterocycles. The number of nitriles is 1. The maximum atomic E-state index is 10.7. The normalized spacial score (nSPS) is 8.00. The second-order valence-electron chi connectivity index (χ2n) is 2.05. The minimum absolute atomic E-state index is 0.0917. The average Bonchev–Trinajstić information content (AvgIpc) is 2.02. The third-order valence-electron chi connectivity index (χ3n) is 0.915. The highest BCUT2D eigenvalue weighted by Gasteiger charge is 2.13. The van der Waals surface area contributed by atoms with Gasteiger partial charge in [-0.1, -0.05) is 13.2 Å². The molecule has 0 rings (SSSR count). The minimum Gasteiger partial charge on any atom is -0.385 e. The third-order valence-corrected chi connectivity index (χ3v) is 0.915. The molecule has 0 aliphatic carbocycles. The monoisotopic (exact) mass is 165 g/mol. The van der Waals surface area contributed by atoms with Crippen molar-refractivity contribution in [3.63, 3.8) is 0 Å². The average molecular weight is 165 g/mol. The Kier molecular flexibility index (Phi) is 3.44. The fourth-order valence-corrected chi connectivity index (χ4v) is 0.279. The Labute approximate surface area is 69.7 Å². The van der Waals surface area contributed by atoms with Crippen molar-refractivity contribution in [2.75, 3.05) is 0 Å². The zero-order valence-electron chi connectivity index (χ0n) is 6.59. The van der Waals surface area contributed by atoms with E-state index in [1.807, 2.05) is 0 Å². The van der Waals surface area contributed by atoms with E-state index in [1.165, 1.54) is 13.0 Å². The molecule has 0 saturated heterocycles. The molecule has 0 aromatic heterocycles. The quantitative estimate of drug-likeness (QED) is 0.261. The number of carbonyl (C=O) groups excluding carboxylic acids is 2. The van der Waals surface area contributed by atoms with Crippen LogP contribution >= 0.6 is 0 Å². The van der Waals surface area contributed by atoms with Gasteiger partial charge in [0.15, 0.2) is 0 Å². The molecule has 0 aromatic carbocycles. The summed E-state index contributed by atoms with van der Waals surface area (Å²) in [6, 6.07) is 1.46. The van der Waals surface area contributed by atoms with Crippen LogP contribution in [0, 0.1) is 11.3 Å². The highest BCUT2D eigenvalue weighted by molar-refractivity contribution is 6.02. The van der Waals surface area contributed by atoms with Gasteiger partial charge in [0.1, 0.15) is 11.6 Å². The summed E-state index contributed by atoms with van der Waals surface area (Å²) < 4.78 is 4.17. The van der Waals surface area contributed by atoms with Crippen molar-refractivity contribution in [1.82, 2.24) is 0 Å². The van der Waals surface area contributed by atoms with E-state index in [-0.39, 0.29) is 5.57 Å². The van der Waals surface area contributed by atoms with E-state index in [9.17, 15) is 9.59 Å². The summed E-state index contributed by atoms with van der Waals surface area (Å²) in [5.41, 5.74) is -0.321. The Morgan fingerprint density at radius 3 is 2.17 bits per heavy atom. The molecular weight excluding hydrogens is 158 g/mol. The number of hydrogen-bond acceptors (Lipinski definition) is 4. The largest absolute Gasteiger partial charge is 0.385 e. The summed E-state index contributed by atoms with van der Waals surface area (Å²) in [6.07, 6.45) is 0. The van der Waals surface area contributed by atoms with E-state index >= 15 is 0 Å². The summed E-state index contributed by atoms with van der Waals surface area (Å²) >= 11 is 0. The van der Waals surface area contributed by atoms with Gasteiger partial charge in [-0.3, -0.25) is 0 Å². The molecule has 0 aliphatic rings. The molecule has 12 heavy (non-hydrogen) atoms. The molecule has 0 fully saturated rings. The number of esters is 2. The molecular formula is C8H7NO3. The van der Waals surface area contributed by atoms with Gasteiger partial charge in [-0.25, -0.2) is 9.59 Å². The van der Waals surface area contributed by atoms with E-state index in [0.717, 1.165) is 0 Å². The topological polar surface area (TPSA) is 67.2 Å². The van der Waals surface area contributed by atoms with Crippen LogP contribution in [0.1, 0.15) is 6.92 Å². The molecule has 0 aliphatic heterocycles. The number of rotatable bonds is 2. The van der Waals surface area contributed by atoms with Crippen LogP contribution in [0.25, 0.3) is 0 Å². The molecule has 0 aromatic rings. The fourth-order valence-electron chi connectivity index (χ4n) is 0.279. The molecule has 0 atom stereocenters. The first-order valence-electron chi connectivity index (χ1n) is 3.00. The van der Waals surface area contributed by atoms with Gasteiger partial charge in [0.25, 0.3) is 0 Å². The van der Waals surface area contributed by atoms with Crippen molar-refractivity contribution in [3.8, 4) is 6.07 Å². The molecule has 0 unspecified atom stereocenters. The van der Waals surface area contributed by atoms with Gasteiger partial charge in [-0.05, 0) is 6.92 Å². The molecule has 4 heteroatoms. The lowest BCUT2D eigenvalue weighted by Gasteiger charge is -1.98. The first-order chi connectivity index (χ1) is 5.49. The third kappa shape index (κ3) is 2.80. The van der Waals surface area contributed by atoms with Crippen LogP contribution in [0.4, 0.5) is 0 Å². The summed E-state index contributed by atoms with van der Waals surface area (Å²) in [5.74, 6) is -1.89. The molecule has 0 saturated carbocycles. The lowest BCUT2D eigenvalue weighted by Crippen LogP contribution is -2.13. The van der Waals surface area contributed by atoms with Crippen LogP contribution in [0.2, 0.25) is 0 Å². The zero-order valence-corrected chi connectivity index (χ0v) is 6.59. The molecule has 0 spiro atoms. The Bertz CT molecular complexity index is 296. The van der Waals surface area contributed by atoms with Crippen molar-refractivity contribution in [2.45, 2.75) is 6.92 Å². The summed E-state index contributed by atoms with van der Waals surface area (Å²) in [6.45, 7) is 7.72. The smallest absolute Gasteiger partial charge is 0.356 e. The highest BCUT2D eigenvalue weighted by Crippen LogP contribution is 1.97. The van der Waals surface area contributed by atoms with Gasteiger partial charge < -0.3 is 4.74 Å². The van der Waals surface area contributed by atoms with Crippen molar-refractivity contribution in [3.05, 3.63) is 24.3 Å². The lowest BCUT2D eigenvalue weighted by molar-refractivity contribution is -0.153. The first-order valence-corrected chi connectivity index (χ1v) is 3.00. The van der Waals surface area contributed by atoms with Crippen molar-refractivity contribution in [2.24, 2.45) is 0 Å². The van der Waals surface area contributed by atoms with Crippen molar-refractivity contribution in [1.29, 1.82) is 5.26 Å². The molecule has 0 N–H and O–H groups in total. The lowest BCUT2D eigenvalue weighted by atomic mass is 10.3. The number of ether oxygens (including phenoxy) is 1. The van der Waals surface area contributed by atoms with Gasteiger partial charge in [0, 0.05) is 5.57 Å². The van der Waals surface area contributed by atoms with E-state index < -0.39 is 17.5 Å². The van der Waals surface area contributed by atoms with Crippen LogP contribution in [-0.4, -0.2) is 11.9 Å². The fraction of sp³-hybridized carbons (Fsp3) is 0.125. The van der Waals surface area contributed by atoms with Gasteiger partial charge in [0.2, 0.25) is 0 Å². The van der Waals surface area contributed by atoms with Crippen molar-refractivity contribution >= 4 is 11.9 Å². The second kappa shape index (κ2) is 4.09. The SMILES string of the molecule is C=C(C)C(=O)OC(=O)C(=C)C#N. The first kappa shape index (κ1) is 10.1. The van der Waals surface area contributed by atoms with E-state index in [4.69, 9.17) is 5.26 Å². The Morgan fingerprint density at radius 2 is 1.83 bits per heavy atom. The summed E-state index contributed by atoms with van der Waals surface area (Å²) in [5, 5.41) is 8.17. The van der Waals surface area contributed by atoms with Crippen LogP contribution in [0.5, 0.6) is 0 Å². The number of hydrogen-bond donors (Lipinski definition) is 0. The van der Waals surface area contributed by atoms with Crippen LogP contribution in [0.3, 0.4) is 0 Å². The molecule has 0 radical (unpaired) electrons. The predicted molar refractivity (Wildman–Crippen MR) is 40.7 cm³/mol. The molecule has 4 nitrogen and oxygen atoms in total. The van der Waals surface area contributed by atoms with Gasteiger partial charge >= 0.3 is 11.9 Å². The van der Waals surface area contributed by atoms with Gasteiger partial charge in [0.05, 0.1) is 0 Å². The maximum absolute atomic E-state index is 10.7. The minimum atomic E-state index is -1.04. The standard InChI is InChI=1S/C8H7NO3/c1-5(2)7(10)12-8(11)6(3)4-9/h1,3H2,2H3. The second-order valence-corrected chi connectivity index (χ2v) is 2.05. The van der Waals surface area contributed by atoms with Gasteiger partial charge in [-0.15, -0.1) is 0 Å². The number of nitrogens with zero attached hydrogens (tertiary/aromatic N) is 1. The molecule has 62 valence electrons. The summed E-state index contributed by atoms with van der Waals surface area (Å²) in [7, 11) is 0. The zero-order chi connectivity index (χ0) is 9.72. The maximum Gasteiger partial charge on any atom is 0.356 e. The van der Waals surface area contributed by atoms with Crippen molar-refractivity contribution < 1.29 is 14.3 Å². The van der Waals surface area contributed by atoms with E-state index in [0.29, 0.717) is 0 Å².